The predicted molar refractivity (Wildman–Crippen MR) is 29.9 cm³/mol. The molecule has 0 amide bonds. The number of rotatable bonds is 2. The number of aliphatic hydroxyl groups is 1. The van der Waals surface area contributed by atoms with Crippen molar-refractivity contribution in [2.45, 2.75) is 12.2 Å². The molecule has 0 saturated carbocycles. The Morgan fingerprint density at radius 2 is 2.36 bits per heavy atom. The molecule has 2 atom stereocenters. The van der Waals surface area contributed by atoms with Crippen LogP contribution in [0, 0.1) is 0 Å². The highest BCUT2D eigenvalue weighted by atomic mass is 16.8. The fourth-order valence-electron chi connectivity index (χ4n) is 0.656. The van der Waals surface area contributed by atoms with E-state index >= 15 is 0 Å². The van der Waals surface area contributed by atoms with Crippen molar-refractivity contribution in [3.05, 3.63) is 0 Å². The third kappa shape index (κ3) is 1.58. The number of carbonyl (C=O) groups is 2. The van der Waals surface area contributed by atoms with Crippen LogP contribution in [-0.4, -0.2) is 41.2 Å². The standard InChI is InChI=1S/C5H6O6/c6-3(4(7)8)2-1-10-5(9)11-2/h2-3,6H,1H2,(H,7,8). The third-order valence-electron chi connectivity index (χ3n) is 1.22. The zero-order valence-electron chi connectivity index (χ0n) is 5.39. The molecule has 1 aliphatic heterocycles. The summed E-state index contributed by atoms with van der Waals surface area (Å²) in [5.41, 5.74) is 0. The van der Waals surface area contributed by atoms with Gasteiger partial charge >= 0.3 is 12.1 Å². The van der Waals surface area contributed by atoms with E-state index in [0.29, 0.717) is 0 Å². The zero-order valence-corrected chi connectivity index (χ0v) is 5.39. The number of carbonyl (C=O) groups excluding carboxylic acids is 1. The molecule has 2 N–H and O–H groups in total. The highest BCUT2D eigenvalue weighted by Gasteiger charge is 2.35. The number of ether oxygens (including phenoxy) is 2. The lowest BCUT2D eigenvalue weighted by atomic mass is 10.2. The molecule has 6 nitrogen and oxygen atoms in total. The van der Waals surface area contributed by atoms with Crippen LogP contribution in [0.2, 0.25) is 0 Å². The molecule has 1 rings (SSSR count). The SMILES string of the molecule is O=C1OCC(C(O)C(=O)O)O1. The monoisotopic (exact) mass is 162 g/mol. The Labute approximate surface area is 61.3 Å². The van der Waals surface area contributed by atoms with Gasteiger partial charge in [-0.25, -0.2) is 9.59 Å². The van der Waals surface area contributed by atoms with Crippen LogP contribution in [0.15, 0.2) is 0 Å². The number of hydrogen-bond donors (Lipinski definition) is 2. The minimum Gasteiger partial charge on any atom is -0.479 e. The van der Waals surface area contributed by atoms with Crippen LogP contribution in [0.3, 0.4) is 0 Å². The summed E-state index contributed by atoms with van der Waals surface area (Å²) < 4.78 is 8.54. The Hall–Kier alpha value is -1.30. The molecule has 0 bridgehead atoms. The fourth-order valence-corrected chi connectivity index (χ4v) is 0.656. The van der Waals surface area contributed by atoms with E-state index in [1.165, 1.54) is 0 Å². The van der Waals surface area contributed by atoms with Gasteiger partial charge in [-0.2, -0.15) is 0 Å². The Morgan fingerprint density at radius 3 is 2.73 bits per heavy atom. The number of cyclic esters (lactones) is 2. The van der Waals surface area contributed by atoms with E-state index in [4.69, 9.17) is 10.2 Å². The first-order valence-electron chi connectivity index (χ1n) is 2.85. The second kappa shape index (κ2) is 2.75. The Kier molecular flexibility index (Phi) is 1.95. The van der Waals surface area contributed by atoms with Crippen molar-refractivity contribution in [1.82, 2.24) is 0 Å². The van der Waals surface area contributed by atoms with Gasteiger partial charge in [0.25, 0.3) is 0 Å². The molecule has 11 heavy (non-hydrogen) atoms. The van der Waals surface area contributed by atoms with E-state index in [-0.39, 0.29) is 6.61 Å². The molecule has 0 radical (unpaired) electrons. The summed E-state index contributed by atoms with van der Waals surface area (Å²) in [5, 5.41) is 17.0. The molecule has 6 heteroatoms. The van der Waals surface area contributed by atoms with Crippen LogP contribution >= 0.6 is 0 Å². The Balaban J connectivity index is 2.49. The molecule has 1 heterocycles. The van der Waals surface area contributed by atoms with Gasteiger partial charge in [0.2, 0.25) is 0 Å². The number of hydrogen-bond acceptors (Lipinski definition) is 5. The molecule has 1 aliphatic rings. The van der Waals surface area contributed by atoms with E-state index in [1.807, 2.05) is 0 Å². The number of aliphatic hydroxyl groups excluding tert-OH is 1. The Bertz CT molecular complexity index is 187. The molecule has 1 saturated heterocycles. The highest BCUT2D eigenvalue weighted by Crippen LogP contribution is 2.09. The summed E-state index contributed by atoms with van der Waals surface area (Å²) in [6.45, 7) is -0.216. The summed E-state index contributed by atoms with van der Waals surface area (Å²) >= 11 is 0. The summed E-state index contributed by atoms with van der Waals surface area (Å²) in [4.78, 5) is 20.3. The molecule has 0 aromatic heterocycles. The van der Waals surface area contributed by atoms with E-state index in [2.05, 4.69) is 9.47 Å². The minimum atomic E-state index is -1.71. The molecule has 2 unspecified atom stereocenters. The molecule has 0 aliphatic carbocycles. The normalized spacial score (nSPS) is 25.5. The van der Waals surface area contributed by atoms with Crippen LogP contribution in [0.4, 0.5) is 4.79 Å². The number of carboxylic acids is 1. The van der Waals surface area contributed by atoms with Crippen LogP contribution < -0.4 is 0 Å². The second-order valence-electron chi connectivity index (χ2n) is 2.00. The smallest absolute Gasteiger partial charge is 0.479 e. The van der Waals surface area contributed by atoms with Gasteiger partial charge in [-0.1, -0.05) is 0 Å². The van der Waals surface area contributed by atoms with Crippen molar-refractivity contribution in [1.29, 1.82) is 0 Å². The molecular weight excluding hydrogens is 156 g/mol. The van der Waals surface area contributed by atoms with Crippen molar-refractivity contribution in [2.24, 2.45) is 0 Å². The average Bonchev–Trinajstić information content (AvgIpc) is 2.34. The van der Waals surface area contributed by atoms with Crippen LogP contribution in [0.1, 0.15) is 0 Å². The summed E-state index contributed by atoms with van der Waals surface area (Å²) in [6.07, 6.45) is -3.74. The van der Waals surface area contributed by atoms with E-state index < -0.39 is 24.3 Å². The van der Waals surface area contributed by atoms with Crippen molar-refractivity contribution in [3.8, 4) is 0 Å². The van der Waals surface area contributed by atoms with Gasteiger partial charge in [0.1, 0.15) is 6.61 Å². The summed E-state index contributed by atoms with van der Waals surface area (Å²) in [7, 11) is 0. The van der Waals surface area contributed by atoms with Gasteiger partial charge in [0.15, 0.2) is 12.2 Å². The molecule has 62 valence electrons. The maximum atomic E-state index is 10.2. The topological polar surface area (TPSA) is 93.1 Å². The molecule has 0 spiro atoms. The third-order valence-corrected chi connectivity index (χ3v) is 1.22. The van der Waals surface area contributed by atoms with Gasteiger partial charge in [-0.3, -0.25) is 0 Å². The van der Waals surface area contributed by atoms with Crippen molar-refractivity contribution >= 4 is 12.1 Å². The first-order chi connectivity index (χ1) is 5.11. The second-order valence-corrected chi connectivity index (χ2v) is 2.00. The first kappa shape index (κ1) is 7.80. The largest absolute Gasteiger partial charge is 0.508 e. The van der Waals surface area contributed by atoms with Crippen LogP contribution in [0.25, 0.3) is 0 Å². The lowest BCUT2D eigenvalue weighted by molar-refractivity contribution is -0.151. The van der Waals surface area contributed by atoms with Gasteiger partial charge in [-0.05, 0) is 0 Å². The van der Waals surface area contributed by atoms with Gasteiger partial charge in [-0.15, -0.1) is 0 Å². The maximum Gasteiger partial charge on any atom is 0.508 e. The molecule has 0 aromatic carbocycles. The fraction of sp³-hybridized carbons (Fsp3) is 0.600. The van der Waals surface area contributed by atoms with Gasteiger partial charge in [0.05, 0.1) is 0 Å². The van der Waals surface area contributed by atoms with E-state index in [9.17, 15) is 9.59 Å². The summed E-state index contributed by atoms with van der Waals surface area (Å²) in [5.74, 6) is -1.44. The lowest BCUT2D eigenvalue weighted by Crippen LogP contribution is -2.35. The van der Waals surface area contributed by atoms with Crippen molar-refractivity contribution in [3.63, 3.8) is 0 Å². The maximum absolute atomic E-state index is 10.2. The first-order valence-corrected chi connectivity index (χ1v) is 2.85. The number of carboxylic acid groups (broad SMARTS) is 1. The average molecular weight is 162 g/mol. The number of aliphatic carboxylic acids is 1. The van der Waals surface area contributed by atoms with Gasteiger partial charge < -0.3 is 19.7 Å². The van der Waals surface area contributed by atoms with Crippen molar-refractivity contribution < 1.29 is 29.3 Å². The predicted octanol–water partition coefficient (Wildman–Crippen LogP) is -1.03. The van der Waals surface area contributed by atoms with E-state index in [0.717, 1.165) is 0 Å². The Morgan fingerprint density at radius 1 is 1.73 bits per heavy atom. The molecule has 1 fully saturated rings. The lowest BCUT2D eigenvalue weighted by Gasteiger charge is -2.08. The van der Waals surface area contributed by atoms with Gasteiger partial charge in [0, 0.05) is 0 Å². The highest BCUT2D eigenvalue weighted by molar-refractivity contribution is 5.74. The molecule has 0 aromatic rings. The zero-order chi connectivity index (χ0) is 8.43. The van der Waals surface area contributed by atoms with Crippen molar-refractivity contribution in [2.75, 3.05) is 6.61 Å². The van der Waals surface area contributed by atoms with Crippen LogP contribution in [-0.2, 0) is 14.3 Å². The minimum absolute atomic E-state index is 0.216. The quantitative estimate of drug-likeness (QED) is 0.504. The molecular formula is C5H6O6. The van der Waals surface area contributed by atoms with E-state index in [1.54, 1.807) is 0 Å². The van der Waals surface area contributed by atoms with Crippen LogP contribution in [0.5, 0.6) is 0 Å². The summed E-state index contributed by atoms with van der Waals surface area (Å²) in [6, 6.07) is 0.